The standard InChI is InChI=1S/C35H31ClN4O7S/c1-15-20-12-16(36)8-11-25(20)48-30(15)23-14-26(38(3)37-23)39-32(43)22-13-21-17(9-10-18-27(21)33(44)40(46)31(18)42)28(35(22,2)34(39)45)19-6-5-7-24(47-4)29(19)41/h5-9,11-12,14,18,21-22,27-28,41,46H,10,13H2,1-4H3/t18-,21+,22-,27-,28+,35+/m0/s1. The first kappa shape index (κ1) is 30.8. The number of aromatic nitrogens is 2. The number of carbonyl (C=O) groups excluding carboxylic acids is 4. The van der Waals surface area contributed by atoms with Crippen LogP contribution in [0.25, 0.3) is 20.7 Å². The fourth-order valence-corrected chi connectivity index (χ4v) is 10.0. The molecule has 4 heterocycles. The third-order valence-electron chi connectivity index (χ3n) is 11.0. The molecular formula is C35H31ClN4O7S. The molecular weight excluding hydrogens is 656 g/mol. The molecule has 2 aliphatic carbocycles. The van der Waals surface area contributed by atoms with Crippen molar-refractivity contribution in [2.24, 2.45) is 36.1 Å². The number of phenols is 1. The minimum atomic E-state index is -1.38. The first-order valence-corrected chi connectivity index (χ1v) is 16.8. The summed E-state index contributed by atoms with van der Waals surface area (Å²) in [6.45, 7) is 3.72. The zero-order valence-electron chi connectivity index (χ0n) is 26.4. The fraction of sp³-hybridized carbons (Fsp3) is 0.343. The number of rotatable bonds is 4. The molecule has 2 aromatic carbocycles. The van der Waals surface area contributed by atoms with Crippen LogP contribution in [0.1, 0.15) is 36.8 Å². The van der Waals surface area contributed by atoms with Crippen LogP contribution in [0.2, 0.25) is 5.02 Å². The summed E-state index contributed by atoms with van der Waals surface area (Å²) in [7, 11) is 3.11. The number of aryl methyl sites for hydroxylation is 2. The third-order valence-corrected chi connectivity index (χ3v) is 12.6. The highest BCUT2D eigenvalue weighted by Crippen LogP contribution is 2.64. The van der Waals surface area contributed by atoms with Gasteiger partial charge in [0.25, 0.3) is 11.8 Å². The van der Waals surface area contributed by atoms with Gasteiger partial charge in [0.05, 0.1) is 35.2 Å². The number of fused-ring (bicyclic) bond motifs is 5. The number of thiophene rings is 1. The van der Waals surface area contributed by atoms with Crippen LogP contribution < -0.4 is 9.64 Å². The lowest BCUT2D eigenvalue weighted by molar-refractivity contribution is -0.173. The number of amides is 4. The topological polar surface area (TPSA) is 142 Å². The van der Waals surface area contributed by atoms with Gasteiger partial charge in [0.15, 0.2) is 11.5 Å². The van der Waals surface area contributed by atoms with Crippen molar-refractivity contribution in [1.29, 1.82) is 0 Å². The molecule has 2 aromatic heterocycles. The van der Waals surface area contributed by atoms with E-state index < -0.39 is 58.6 Å². The summed E-state index contributed by atoms with van der Waals surface area (Å²) in [4.78, 5) is 57.7. The molecule has 11 nitrogen and oxygen atoms in total. The molecule has 2 saturated heterocycles. The number of hydroxylamine groups is 2. The first-order chi connectivity index (χ1) is 22.9. The molecule has 4 amide bonds. The number of carbonyl (C=O) groups is 4. The largest absolute Gasteiger partial charge is 0.504 e. The van der Waals surface area contributed by atoms with E-state index in [1.54, 1.807) is 49.6 Å². The quantitative estimate of drug-likeness (QED) is 0.161. The summed E-state index contributed by atoms with van der Waals surface area (Å²) in [5.74, 6) is -6.04. The van der Waals surface area contributed by atoms with Gasteiger partial charge >= 0.3 is 0 Å². The highest BCUT2D eigenvalue weighted by atomic mass is 35.5. The van der Waals surface area contributed by atoms with Gasteiger partial charge in [-0.3, -0.25) is 29.1 Å². The minimum absolute atomic E-state index is 0.111. The van der Waals surface area contributed by atoms with Crippen LogP contribution in [-0.2, 0) is 26.2 Å². The number of anilines is 1. The number of hydrogen-bond donors (Lipinski definition) is 2. The van der Waals surface area contributed by atoms with E-state index in [0.717, 1.165) is 20.5 Å². The summed E-state index contributed by atoms with van der Waals surface area (Å²) >= 11 is 7.82. The molecule has 0 radical (unpaired) electrons. The van der Waals surface area contributed by atoms with Gasteiger partial charge in [0, 0.05) is 34.3 Å². The Hall–Kier alpha value is -4.52. The van der Waals surface area contributed by atoms with Crippen molar-refractivity contribution in [3.05, 3.63) is 70.3 Å². The van der Waals surface area contributed by atoms with Crippen LogP contribution in [0, 0.1) is 36.0 Å². The highest BCUT2D eigenvalue weighted by molar-refractivity contribution is 7.22. The molecule has 48 heavy (non-hydrogen) atoms. The molecule has 2 aliphatic heterocycles. The lowest BCUT2D eigenvalue weighted by atomic mass is 9.51. The summed E-state index contributed by atoms with van der Waals surface area (Å²) < 4.78 is 7.97. The predicted molar refractivity (Wildman–Crippen MR) is 177 cm³/mol. The van der Waals surface area contributed by atoms with Crippen molar-refractivity contribution in [2.75, 3.05) is 12.0 Å². The normalized spacial score (nSPS) is 28.2. The molecule has 3 fully saturated rings. The highest BCUT2D eigenvalue weighted by Gasteiger charge is 2.68. The minimum Gasteiger partial charge on any atom is -0.504 e. The maximum atomic E-state index is 14.9. The van der Waals surface area contributed by atoms with Gasteiger partial charge in [0.2, 0.25) is 11.8 Å². The molecule has 2 N–H and O–H groups in total. The number of allylic oxidation sites excluding steroid dienone is 2. The van der Waals surface area contributed by atoms with Gasteiger partial charge < -0.3 is 9.84 Å². The first-order valence-electron chi connectivity index (χ1n) is 15.6. The number of imide groups is 2. The summed E-state index contributed by atoms with van der Waals surface area (Å²) in [6, 6.07) is 12.4. The number of nitrogens with zero attached hydrogens (tertiary/aromatic N) is 4. The number of halogens is 1. The van der Waals surface area contributed by atoms with Gasteiger partial charge in [0.1, 0.15) is 11.5 Å². The van der Waals surface area contributed by atoms with Crippen molar-refractivity contribution < 1.29 is 34.2 Å². The molecule has 0 bridgehead atoms. The monoisotopic (exact) mass is 686 g/mol. The Labute approximate surface area is 283 Å². The Morgan fingerprint density at radius 2 is 1.83 bits per heavy atom. The van der Waals surface area contributed by atoms with Gasteiger partial charge in [-0.05, 0) is 67.8 Å². The van der Waals surface area contributed by atoms with Crippen molar-refractivity contribution in [3.8, 4) is 22.1 Å². The number of para-hydroxylation sites is 1. The lowest BCUT2D eigenvalue weighted by Crippen LogP contribution is -2.48. The molecule has 1 saturated carbocycles. The van der Waals surface area contributed by atoms with Crippen LogP contribution in [-0.4, -0.2) is 55.9 Å². The van der Waals surface area contributed by atoms with E-state index in [0.29, 0.717) is 27.7 Å². The number of benzene rings is 2. The van der Waals surface area contributed by atoms with E-state index in [1.807, 2.05) is 31.2 Å². The van der Waals surface area contributed by atoms with Crippen molar-refractivity contribution >= 4 is 62.5 Å². The summed E-state index contributed by atoms with van der Waals surface area (Å²) in [5, 5.41) is 28.3. The number of methoxy groups -OCH3 is 1. The summed E-state index contributed by atoms with van der Waals surface area (Å²) in [5.41, 5.74) is 1.26. The maximum Gasteiger partial charge on any atom is 0.257 e. The Morgan fingerprint density at radius 1 is 1.06 bits per heavy atom. The van der Waals surface area contributed by atoms with Gasteiger partial charge in [-0.2, -0.15) is 10.2 Å². The number of hydrogen-bond acceptors (Lipinski definition) is 9. The maximum absolute atomic E-state index is 14.9. The van der Waals surface area contributed by atoms with E-state index in [1.165, 1.54) is 16.7 Å². The Morgan fingerprint density at radius 3 is 2.58 bits per heavy atom. The van der Waals surface area contributed by atoms with Crippen molar-refractivity contribution in [1.82, 2.24) is 14.8 Å². The number of ether oxygens (including phenoxy) is 1. The van der Waals surface area contributed by atoms with E-state index >= 15 is 0 Å². The van der Waals surface area contributed by atoms with Gasteiger partial charge in [-0.25, -0.2) is 4.90 Å². The van der Waals surface area contributed by atoms with Crippen LogP contribution in [0.3, 0.4) is 0 Å². The van der Waals surface area contributed by atoms with E-state index in [4.69, 9.17) is 21.4 Å². The molecule has 13 heteroatoms. The molecule has 0 spiro atoms. The average molecular weight is 687 g/mol. The molecule has 4 aliphatic rings. The predicted octanol–water partition coefficient (Wildman–Crippen LogP) is 5.60. The SMILES string of the molecule is COc1cccc([C@H]2C3=CC[C@@H]4C(=O)N(O)C(=O)[C@@H]4[C@@H]3C[C@H]3C(=O)N(c4cc(-c5sc6ccc(Cl)cc6c5C)nn4C)C(=O)[C@@]23C)c1O. The number of phenolic OH excluding ortho intramolecular Hbond substituents is 1. The Kier molecular flexibility index (Phi) is 6.73. The van der Waals surface area contributed by atoms with Crippen molar-refractivity contribution in [3.63, 3.8) is 0 Å². The Bertz CT molecular complexity index is 2150. The number of aromatic hydroxyl groups is 1. The molecule has 4 aromatic rings. The van der Waals surface area contributed by atoms with E-state index in [2.05, 4.69) is 0 Å². The van der Waals surface area contributed by atoms with Crippen molar-refractivity contribution in [2.45, 2.75) is 32.6 Å². The molecule has 6 atom stereocenters. The van der Waals surface area contributed by atoms with Crippen LogP contribution in [0.15, 0.2) is 54.1 Å². The molecule has 0 unspecified atom stereocenters. The second kappa shape index (κ2) is 10.5. The Balaban J connectivity index is 1.27. The lowest BCUT2D eigenvalue weighted by Gasteiger charge is -2.49. The zero-order chi connectivity index (χ0) is 34.0. The second-order valence-electron chi connectivity index (χ2n) is 13.3. The van der Waals surface area contributed by atoms with Crippen LogP contribution >= 0.6 is 22.9 Å². The zero-order valence-corrected chi connectivity index (χ0v) is 28.0. The molecule has 8 rings (SSSR count). The summed E-state index contributed by atoms with van der Waals surface area (Å²) in [6.07, 6.45) is 2.14. The van der Waals surface area contributed by atoms with E-state index in [9.17, 15) is 29.5 Å². The smallest absolute Gasteiger partial charge is 0.257 e. The second-order valence-corrected chi connectivity index (χ2v) is 14.7. The molecule has 246 valence electrons. The third kappa shape index (κ3) is 3.93. The fourth-order valence-electron chi connectivity index (χ4n) is 8.71. The van der Waals surface area contributed by atoms with E-state index in [-0.39, 0.29) is 29.4 Å². The van der Waals surface area contributed by atoms with Crippen LogP contribution in [0.4, 0.5) is 5.82 Å². The van der Waals surface area contributed by atoms with Gasteiger partial charge in [-0.1, -0.05) is 35.4 Å². The average Bonchev–Trinajstić information content (AvgIpc) is 3.72. The van der Waals surface area contributed by atoms with Crippen LogP contribution in [0.5, 0.6) is 11.5 Å². The van der Waals surface area contributed by atoms with Gasteiger partial charge in [-0.15, -0.1) is 11.3 Å².